The maximum atomic E-state index is 11.1. The van der Waals surface area contributed by atoms with Crippen molar-refractivity contribution < 1.29 is 9.84 Å². The molecule has 1 heterocycles. The molecule has 0 bridgehead atoms. The van der Waals surface area contributed by atoms with Crippen LogP contribution < -0.4 is 9.64 Å². The minimum atomic E-state index is -0.453. The Kier molecular flexibility index (Phi) is 8.77. The standard InChI is InChI=1S/C31H37N3O2/c1-4-5-6-7-8-13-20-36-25-18-19-27(29(35)21-25)31-33-22-32-30(26-16-11-9-14-23(26)2)34(31)28-17-12-10-15-24(28)3/h9-12,14-19,21-22,31,35H,4-8,13,20H2,1-3H3. The highest BCUT2D eigenvalue weighted by Gasteiger charge is 2.31. The molecule has 0 radical (unpaired) electrons. The molecule has 0 fully saturated rings. The first-order chi connectivity index (χ1) is 17.6. The van der Waals surface area contributed by atoms with Crippen molar-refractivity contribution in [1.29, 1.82) is 0 Å². The summed E-state index contributed by atoms with van der Waals surface area (Å²) in [6.07, 6.45) is 8.45. The Bertz CT molecular complexity index is 1220. The molecule has 1 aliphatic heterocycles. The molecule has 3 aromatic rings. The molecule has 5 nitrogen and oxygen atoms in total. The van der Waals surface area contributed by atoms with Gasteiger partial charge >= 0.3 is 0 Å². The van der Waals surface area contributed by atoms with E-state index in [4.69, 9.17) is 14.7 Å². The van der Waals surface area contributed by atoms with Gasteiger partial charge in [-0.1, -0.05) is 81.5 Å². The van der Waals surface area contributed by atoms with Gasteiger partial charge in [-0.05, 0) is 49.6 Å². The third kappa shape index (κ3) is 5.96. The van der Waals surface area contributed by atoms with Gasteiger partial charge in [-0.3, -0.25) is 4.90 Å². The number of unbranched alkanes of at least 4 members (excludes halogenated alkanes) is 5. The lowest BCUT2D eigenvalue weighted by Crippen LogP contribution is -2.38. The van der Waals surface area contributed by atoms with Gasteiger partial charge in [0.25, 0.3) is 0 Å². The summed E-state index contributed by atoms with van der Waals surface area (Å²) in [5.74, 6) is 1.66. The highest BCUT2D eigenvalue weighted by molar-refractivity contribution is 6.14. The lowest BCUT2D eigenvalue weighted by atomic mass is 10.0. The summed E-state index contributed by atoms with van der Waals surface area (Å²) in [4.78, 5) is 11.5. The summed E-state index contributed by atoms with van der Waals surface area (Å²) in [5.41, 5.74) is 4.99. The average molecular weight is 484 g/mol. The molecule has 0 saturated heterocycles. The summed E-state index contributed by atoms with van der Waals surface area (Å²) in [5, 5.41) is 11.1. The lowest BCUT2D eigenvalue weighted by molar-refractivity contribution is 0.302. The van der Waals surface area contributed by atoms with E-state index in [9.17, 15) is 5.11 Å². The van der Waals surface area contributed by atoms with Crippen LogP contribution in [-0.4, -0.2) is 23.9 Å². The number of nitrogens with zero attached hydrogens (tertiary/aromatic N) is 3. The van der Waals surface area contributed by atoms with Gasteiger partial charge in [0.2, 0.25) is 0 Å². The summed E-state index contributed by atoms with van der Waals surface area (Å²) in [7, 11) is 0. The van der Waals surface area contributed by atoms with Crippen molar-refractivity contribution >= 4 is 17.9 Å². The molecule has 1 atom stereocenters. The molecule has 5 heteroatoms. The van der Waals surface area contributed by atoms with Crippen LogP contribution in [-0.2, 0) is 0 Å². The zero-order chi connectivity index (χ0) is 25.3. The van der Waals surface area contributed by atoms with Crippen LogP contribution in [0.5, 0.6) is 11.5 Å². The van der Waals surface area contributed by atoms with Crippen LogP contribution in [0, 0.1) is 13.8 Å². The van der Waals surface area contributed by atoms with E-state index in [1.54, 1.807) is 12.4 Å². The van der Waals surface area contributed by atoms with Crippen LogP contribution in [0.15, 0.2) is 76.7 Å². The van der Waals surface area contributed by atoms with E-state index < -0.39 is 6.17 Å². The maximum absolute atomic E-state index is 11.1. The summed E-state index contributed by atoms with van der Waals surface area (Å²) in [6.45, 7) is 7.06. The fraction of sp³-hybridized carbons (Fsp3) is 0.355. The van der Waals surface area contributed by atoms with Gasteiger partial charge in [-0.2, -0.15) is 0 Å². The number of para-hydroxylation sites is 1. The fourth-order valence-electron chi connectivity index (χ4n) is 4.62. The minimum absolute atomic E-state index is 0.169. The van der Waals surface area contributed by atoms with Crippen molar-refractivity contribution in [2.24, 2.45) is 9.98 Å². The Balaban J connectivity index is 1.58. The van der Waals surface area contributed by atoms with E-state index >= 15 is 0 Å². The minimum Gasteiger partial charge on any atom is -0.507 e. The molecular formula is C31H37N3O2. The number of ether oxygens (including phenoxy) is 1. The van der Waals surface area contributed by atoms with Crippen molar-refractivity contribution in [2.75, 3.05) is 11.5 Å². The molecule has 0 spiro atoms. The van der Waals surface area contributed by atoms with Crippen molar-refractivity contribution in [3.63, 3.8) is 0 Å². The third-order valence-corrected chi connectivity index (χ3v) is 6.67. The molecule has 188 valence electrons. The first-order valence-electron chi connectivity index (χ1n) is 13.1. The summed E-state index contributed by atoms with van der Waals surface area (Å²) in [6, 6.07) is 22.0. The predicted octanol–water partition coefficient (Wildman–Crippen LogP) is 7.74. The SMILES string of the molecule is CCCCCCCCOc1ccc(C2N=CN=C(c3ccccc3C)N2c2ccccc2C)c(O)c1. The van der Waals surface area contributed by atoms with Crippen LogP contribution in [0.1, 0.15) is 73.9 Å². The normalized spacial score (nSPS) is 15.1. The number of amidine groups is 1. The molecule has 1 unspecified atom stereocenters. The van der Waals surface area contributed by atoms with Gasteiger partial charge in [-0.25, -0.2) is 9.98 Å². The van der Waals surface area contributed by atoms with Crippen LogP contribution >= 0.6 is 0 Å². The zero-order valence-corrected chi connectivity index (χ0v) is 21.7. The summed E-state index contributed by atoms with van der Waals surface area (Å²) >= 11 is 0. The Hall–Kier alpha value is -3.60. The smallest absolute Gasteiger partial charge is 0.157 e. The fourth-order valence-corrected chi connectivity index (χ4v) is 4.62. The molecule has 1 N–H and O–H groups in total. The van der Waals surface area contributed by atoms with E-state index in [2.05, 4.69) is 49.9 Å². The van der Waals surface area contributed by atoms with Gasteiger partial charge in [0.1, 0.15) is 23.7 Å². The van der Waals surface area contributed by atoms with Crippen molar-refractivity contribution in [1.82, 2.24) is 0 Å². The number of phenolic OH excluding ortho intramolecular Hbond substituents is 1. The van der Waals surface area contributed by atoms with Crippen molar-refractivity contribution in [2.45, 2.75) is 65.5 Å². The summed E-state index contributed by atoms with van der Waals surface area (Å²) < 4.78 is 5.94. The highest BCUT2D eigenvalue weighted by atomic mass is 16.5. The van der Waals surface area contributed by atoms with Crippen molar-refractivity contribution in [3.05, 3.63) is 89.0 Å². The molecule has 3 aromatic carbocycles. The Morgan fingerprint density at radius 3 is 2.33 bits per heavy atom. The first-order valence-corrected chi connectivity index (χ1v) is 13.1. The van der Waals surface area contributed by atoms with Crippen LogP contribution in [0.2, 0.25) is 0 Å². The Morgan fingerprint density at radius 2 is 1.58 bits per heavy atom. The van der Waals surface area contributed by atoms with E-state index in [1.165, 1.54) is 32.1 Å². The molecule has 0 aliphatic carbocycles. The molecule has 4 rings (SSSR count). The number of rotatable bonds is 11. The first kappa shape index (κ1) is 25.5. The predicted molar refractivity (Wildman–Crippen MR) is 150 cm³/mol. The van der Waals surface area contributed by atoms with Crippen LogP contribution in [0.4, 0.5) is 5.69 Å². The third-order valence-electron chi connectivity index (χ3n) is 6.67. The second kappa shape index (κ2) is 12.4. The number of anilines is 1. The lowest BCUT2D eigenvalue weighted by Gasteiger charge is -2.35. The zero-order valence-electron chi connectivity index (χ0n) is 21.7. The van der Waals surface area contributed by atoms with Crippen molar-refractivity contribution in [3.8, 4) is 11.5 Å². The Morgan fingerprint density at radius 1 is 0.861 bits per heavy atom. The Labute approximate surface area is 215 Å². The van der Waals surface area contributed by atoms with E-state index in [0.717, 1.165) is 34.6 Å². The van der Waals surface area contributed by atoms with Gasteiger partial charge in [0, 0.05) is 22.9 Å². The number of hydrogen-bond acceptors (Lipinski definition) is 5. The van der Waals surface area contributed by atoms with Crippen LogP contribution in [0.25, 0.3) is 0 Å². The molecule has 1 aliphatic rings. The molecular weight excluding hydrogens is 446 g/mol. The van der Waals surface area contributed by atoms with E-state index in [-0.39, 0.29) is 5.75 Å². The molecule has 0 saturated carbocycles. The number of aliphatic imine (C=N–C) groups is 2. The number of aromatic hydroxyl groups is 1. The number of phenols is 1. The monoisotopic (exact) mass is 483 g/mol. The second-order valence-corrected chi connectivity index (χ2v) is 9.40. The van der Waals surface area contributed by atoms with E-state index in [1.807, 2.05) is 36.4 Å². The van der Waals surface area contributed by atoms with Gasteiger partial charge in [0.15, 0.2) is 6.17 Å². The van der Waals surface area contributed by atoms with Gasteiger partial charge in [0.05, 0.1) is 6.61 Å². The van der Waals surface area contributed by atoms with Gasteiger partial charge < -0.3 is 9.84 Å². The maximum Gasteiger partial charge on any atom is 0.157 e. The average Bonchev–Trinajstić information content (AvgIpc) is 2.89. The molecule has 0 amide bonds. The topological polar surface area (TPSA) is 57.4 Å². The van der Waals surface area contributed by atoms with Gasteiger partial charge in [-0.15, -0.1) is 0 Å². The number of hydrogen-bond donors (Lipinski definition) is 1. The van der Waals surface area contributed by atoms with E-state index in [0.29, 0.717) is 17.9 Å². The molecule has 36 heavy (non-hydrogen) atoms. The number of benzene rings is 3. The second-order valence-electron chi connectivity index (χ2n) is 9.40. The van der Waals surface area contributed by atoms with Crippen LogP contribution in [0.3, 0.4) is 0 Å². The highest BCUT2D eigenvalue weighted by Crippen LogP contribution is 2.39. The number of aryl methyl sites for hydroxylation is 2. The largest absolute Gasteiger partial charge is 0.507 e. The quantitative estimate of drug-likeness (QED) is 0.284. The molecule has 0 aromatic heterocycles.